The number of benzene rings is 1. The van der Waals surface area contributed by atoms with Gasteiger partial charge in [-0.1, -0.05) is 0 Å². The number of carbonyl (C=O) groups excluding carboxylic acids is 1. The second-order valence-electron chi connectivity index (χ2n) is 3.58. The number of amides is 1. The highest BCUT2D eigenvalue weighted by Gasteiger charge is 2.11. The Morgan fingerprint density at radius 3 is 2.61 bits per heavy atom. The Labute approximate surface area is 103 Å². The molecule has 2 N–H and O–H groups in total. The van der Waals surface area contributed by atoms with Crippen LogP contribution < -0.4 is 10.6 Å². The molecule has 7 heteroatoms. The van der Waals surface area contributed by atoms with E-state index in [-0.39, 0.29) is 24.5 Å². The minimum atomic E-state index is -0.695. The predicted molar refractivity (Wildman–Crippen MR) is 59.5 cm³/mol. The van der Waals surface area contributed by atoms with Crippen molar-refractivity contribution in [2.24, 2.45) is 5.84 Å². The summed E-state index contributed by atoms with van der Waals surface area (Å²) in [5.74, 6) is 3.15. The molecule has 0 aliphatic heterocycles. The first-order chi connectivity index (χ1) is 8.45. The Kier molecular flexibility index (Phi) is 4.99. The van der Waals surface area contributed by atoms with Gasteiger partial charge in [0.1, 0.15) is 12.4 Å². The first-order valence-electron chi connectivity index (χ1n) is 5.06. The third-order valence-corrected chi connectivity index (χ3v) is 2.20. The molecule has 0 fully saturated rings. The van der Waals surface area contributed by atoms with Gasteiger partial charge in [-0.25, -0.2) is 14.6 Å². The van der Waals surface area contributed by atoms with Gasteiger partial charge in [-0.05, 0) is 6.07 Å². The number of nitrogens with zero attached hydrogens (tertiary/aromatic N) is 1. The Morgan fingerprint density at radius 1 is 1.39 bits per heavy atom. The van der Waals surface area contributed by atoms with Gasteiger partial charge in [-0.3, -0.25) is 9.80 Å². The van der Waals surface area contributed by atoms with Crippen LogP contribution in [-0.4, -0.2) is 31.7 Å². The lowest BCUT2D eigenvalue weighted by atomic mass is 10.2. The summed E-state index contributed by atoms with van der Waals surface area (Å²) in [6, 6.07) is 1.88. The van der Waals surface area contributed by atoms with Gasteiger partial charge in [0.2, 0.25) is 0 Å². The zero-order valence-electron chi connectivity index (χ0n) is 10.1. The number of hydrogen-bond acceptors (Lipinski definition) is 4. The lowest BCUT2D eigenvalue weighted by Gasteiger charge is -2.11. The van der Waals surface area contributed by atoms with Gasteiger partial charge >= 0.3 is 0 Å². The molecule has 0 unspecified atom stereocenters. The van der Waals surface area contributed by atoms with E-state index in [4.69, 9.17) is 10.6 Å². The summed E-state index contributed by atoms with van der Waals surface area (Å²) >= 11 is 0. The number of hydrogen-bond donors (Lipinski definition) is 1. The number of nitrogens with two attached hydrogens (primary N) is 1. The topological polar surface area (TPSA) is 64.8 Å². The van der Waals surface area contributed by atoms with Crippen molar-refractivity contribution >= 4 is 5.91 Å². The highest BCUT2D eigenvalue weighted by Crippen LogP contribution is 2.21. The molecule has 1 amide bonds. The molecule has 1 rings (SSSR count). The third-order valence-electron chi connectivity index (χ3n) is 2.20. The maximum atomic E-state index is 13.5. The molecular weight excluding hydrogens is 246 g/mol. The van der Waals surface area contributed by atoms with Crippen molar-refractivity contribution in [3.8, 4) is 5.75 Å². The van der Waals surface area contributed by atoms with Crippen LogP contribution in [0.5, 0.6) is 5.75 Å². The summed E-state index contributed by atoms with van der Waals surface area (Å²) in [5.41, 5.74) is 0.000717. The van der Waals surface area contributed by atoms with Gasteiger partial charge in [0.25, 0.3) is 5.91 Å². The van der Waals surface area contributed by atoms with Crippen LogP contribution in [0.3, 0.4) is 0 Å². The standard InChI is InChI=1S/C11H14F2N2O3/c1-15(14)11(16)6-18-5-7-3-9(13)10(17-2)4-8(7)12/h3-4H,5-6,14H2,1-2H3. The van der Waals surface area contributed by atoms with Crippen LogP contribution in [0.25, 0.3) is 0 Å². The Morgan fingerprint density at radius 2 is 2.06 bits per heavy atom. The van der Waals surface area contributed by atoms with Crippen LogP contribution in [0.15, 0.2) is 12.1 Å². The number of carbonyl (C=O) groups is 1. The number of likely N-dealkylation sites (N-methyl/N-ethyl adjacent to an activating group) is 1. The van der Waals surface area contributed by atoms with Crippen LogP contribution in [0.1, 0.15) is 5.56 Å². The molecule has 0 bridgehead atoms. The molecule has 18 heavy (non-hydrogen) atoms. The van der Waals surface area contributed by atoms with Crippen molar-refractivity contribution in [1.82, 2.24) is 5.01 Å². The fraction of sp³-hybridized carbons (Fsp3) is 0.364. The lowest BCUT2D eigenvalue weighted by Crippen LogP contribution is -2.35. The van der Waals surface area contributed by atoms with Gasteiger partial charge in [-0.15, -0.1) is 0 Å². The largest absolute Gasteiger partial charge is 0.494 e. The van der Waals surface area contributed by atoms with Crippen LogP contribution in [-0.2, 0) is 16.1 Å². The molecule has 0 spiro atoms. The second kappa shape index (κ2) is 6.27. The van der Waals surface area contributed by atoms with Crippen molar-refractivity contribution in [3.63, 3.8) is 0 Å². The van der Waals surface area contributed by atoms with E-state index in [1.165, 1.54) is 14.2 Å². The van der Waals surface area contributed by atoms with Gasteiger partial charge in [0.05, 0.1) is 13.7 Å². The maximum absolute atomic E-state index is 13.5. The van der Waals surface area contributed by atoms with Crippen molar-refractivity contribution in [2.45, 2.75) is 6.61 Å². The van der Waals surface area contributed by atoms with Gasteiger partial charge in [0.15, 0.2) is 11.6 Å². The molecule has 0 atom stereocenters. The van der Waals surface area contributed by atoms with Crippen molar-refractivity contribution in [3.05, 3.63) is 29.3 Å². The highest BCUT2D eigenvalue weighted by atomic mass is 19.1. The molecular formula is C11H14F2N2O3. The van der Waals surface area contributed by atoms with E-state index in [1.807, 2.05) is 0 Å². The third kappa shape index (κ3) is 3.64. The van der Waals surface area contributed by atoms with E-state index in [0.29, 0.717) is 0 Å². The predicted octanol–water partition coefficient (Wildman–Crippen LogP) is 0.822. The zero-order chi connectivity index (χ0) is 13.7. The summed E-state index contributed by atoms with van der Waals surface area (Å²) in [6.45, 7) is -0.535. The van der Waals surface area contributed by atoms with Gasteiger partial charge < -0.3 is 9.47 Å². The molecule has 5 nitrogen and oxygen atoms in total. The molecule has 0 radical (unpaired) electrons. The molecule has 0 heterocycles. The zero-order valence-corrected chi connectivity index (χ0v) is 10.1. The summed E-state index contributed by atoms with van der Waals surface area (Å²) in [4.78, 5) is 11.1. The van der Waals surface area contributed by atoms with Crippen molar-refractivity contribution in [2.75, 3.05) is 20.8 Å². The molecule has 100 valence electrons. The summed E-state index contributed by atoms with van der Waals surface area (Å²) < 4.78 is 36.3. The van der Waals surface area contributed by atoms with E-state index < -0.39 is 17.5 Å². The summed E-state index contributed by atoms with van der Waals surface area (Å²) in [5, 5.41) is 0.852. The lowest BCUT2D eigenvalue weighted by molar-refractivity contribution is -0.135. The van der Waals surface area contributed by atoms with E-state index >= 15 is 0 Å². The molecule has 0 aliphatic rings. The molecule has 0 saturated heterocycles. The summed E-state index contributed by atoms with van der Waals surface area (Å²) in [6.07, 6.45) is 0. The van der Waals surface area contributed by atoms with E-state index in [0.717, 1.165) is 17.1 Å². The Balaban J connectivity index is 2.63. The number of rotatable bonds is 5. The van der Waals surface area contributed by atoms with Crippen LogP contribution in [0.2, 0.25) is 0 Å². The number of hydrazine groups is 1. The minimum absolute atomic E-state index is 0.000717. The first kappa shape index (κ1) is 14.3. The monoisotopic (exact) mass is 260 g/mol. The molecule has 1 aromatic rings. The average Bonchev–Trinajstić information content (AvgIpc) is 2.32. The van der Waals surface area contributed by atoms with Gasteiger partial charge in [0, 0.05) is 18.7 Å². The van der Waals surface area contributed by atoms with Crippen LogP contribution in [0.4, 0.5) is 8.78 Å². The number of halogens is 2. The molecule has 0 aromatic heterocycles. The number of methoxy groups -OCH3 is 1. The van der Waals surface area contributed by atoms with Crippen LogP contribution in [0, 0.1) is 11.6 Å². The first-order valence-corrected chi connectivity index (χ1v) is 5.06. The average molecular weight is 260 g/mol. The summed E-state index contributed by atoms with van der Waals surface area (Å²) in [7, 11) is 2.60. The van der Waals surface area contributed by atoms with Crippen molar-refractivity contribution < 1.29 is 23.0 Å². The van der Waals surface area contributed by atoms with Gasteiger partial charge in [-0.2, -0.15) is 0 Å². The Hall–Kier alpha value is -1.73. The molecule has 0 saturated carbocycles. The minimum Gasteiger partial charge on any atom is -0.494 e. The number of ether oxygens (including phenoxy) is 2. The quantitative estimate of drug-likeness (QED) is 0.483. The normalized spacial score (nSPS) is 10.3. The Bertz CT molecular complexity index is 439. The fourth-order valence-electron chi connectivity index (χ4n) is 1.19. The maximum Gasteiger partial charge on any atom is 0.262 e. The van der Waals surface area contributed by atoms with Crippen LogP contribution >= 0.6 is 0 Å². The fourth-order valence-corrected chi connectivity index (χ4v) is 1.19. The molecule has 0 aliphatic carbocycles. The van der Waals surface area contributed by atoms with E-state index in [2.05, 4.69) is 4.74 Å². The molecule has 1 aromatic carbocycles. The van der Waals surface area contributed by atoms with E-state index in [1.54, 1.807) is 0 Å². The SMILES string of the molecule is COc1cc(F)c(COCC(=O)N(C)N)cc1F. The van der Waals surface area contributed by atoms with E-state index in [9.17, 15) is 13.6 Å². The smallest absolute Gasteiger partial charge is 0.262 e. The second-order valence-corrected chi connectivity index (χ2v) is 3.58. The highest BCUT2D eigenvalue weighted by molar-refractivity contribution is 5.76. The van der Waals surface area contributed by atoms with Crippen molar-refractivity contribution in [1.29, 1.82) is 0 Å².